The first-order valence-corrected chi connectivity index (χ1v) is 12.5. The van der Waals surface area contributed by atoms with Gasteiger partial charge >= 0.3 is 0 Å². The average molecular weight is 518 g/mol. The zero-order valence-corrected chi connectivity index (χ0v) is 20.3. The second kappa shape index (κ2) is 10.7. The van der Waals surface area contributed by atoms with Gasteiger partial charge in [-0.1, -0.05) is 34.8 Å². The lowest BCUT2D eigenvalue weighted by Crippen LogP contribution is -2.49. The number of hydrogen-bond acceptors (Lipinski definition) is 6. The van der Waals surface area contributed by atoms with Crippen LogP contribution in [0.3, 0.4) is 0 Å². The van der Waals surface area contributed by atoms with Crippen molar-refractivity contribution < 1.29 is 14.3 Å². The summed E-state index contributed by atoms with van der Waals surface area (Å²) in [5, 5.41) is 6.70. The van der Waals surface area contributed by atoms with Gasteiger partial charge in [0, 0.05) is 43.4 Å². The molecular weight excluding hydrogens is 495 g/mol. The number of piperidine rings is 1. The number of ether oxygens (including phenoxy) is 1. The minimum Gasteiger partial charge on any atom is -0.381 e. The Morgan fingerprint density at radius 1 is 1.03 bits per heavy atom. The number of anilines is 1. The van der Waals surface area contributed by atoms with Crippen molar-refractivity contribution >= 4 is 63.0 Å². The van der Waals surface area contributed by atoms with Gasteiger partial charge in [-0.3, -0.25) is 9.59 Å². The van der Waals surface area contributed by atoms with Gasteiger partial charge in [0.2, 0.25) is 0 Å². The highest BCUT2D eigenvalue weighted by molar-refractivity contribution is 7.14. The summed E-state index contributed by atoms with van der Waals surface area (Å²) in [5.74, 6) is -0.834. The van der Waals surface area contributed by atoms with Crippen molar-refractivity contribution in [1.29, 1.82) is 0 Å². The summed E-state index contributed by atoms with van der Waals surface area (Å²) in [6.07, 6.45) is 3.90. The van der Waals surface area contributed by atoms with Crippen LogP contribution in [-0.4, -0.2) is 60.1 Å². The topological polar surface area (TPSA) is 83.6 Å². The number of nitrogens with one attached hydrogen (secondary N) is 2. The summed E-state index contributed by atoms with van der Waals surface area (Å²) in [6, 6.07) is 3.53. The fraction of sp³-hybridized carbons (Fsp3) is 0.476. The Balaban J connectivity index is 1.35. The van der Waals surface area contributed by atoms with E-state index in [1.807, 2.05) is 0 Å². The lowest BCUT2D eigenvalue weighted by atomic mass is 9.99. The Kier molecular flexibility index (Phi) is 7.91. The van der Waals surface area contributed by atoms with Crippen LogP contribution in [0.25, 0.3) is 0 Å². The standard InChI is InChI=1S/C21H23Cl3N4O3S/c22-12-9-15(23)17(16(24)10-12)19(29)27-21-18(25-11-32-21)20(30)26-13-1-5-28(6-2-13)14-3-7-31-8-4-14/h9-11,13-14H,1-8H2,(H,26,30)(H,27,29). The largest absolute Gasteiger partial charge is 0.381 e. The van der Waals surface area contributed by atoms with Crippen molar-refractivity contribution in [2.75, 3.05) is 31.6 Å². The molecule has 0 saturated carbocycles. The summed E-state index contributed by atoms with van der Waals surface area (Å²) in [5.41, 5.74) is 1.79. The van der Waals surface area contributed by atoms with Crippen LogP contribution < -0.4 is 10.6 Å². The van der Waals surface area contributed by atoms with Crippen molar-refractivity contribution in [3.05, 3.63) is 44.0 Å². The quantitative estimate of drug-likeness (QED) is 0.599. The van der Waals surface area contributed by atoms with Gasteiger partial charge in [0.1, 0.15) is 5.00 Å². The minimum absolute atomic E-state index is 0.0731. The van der Waals surface area contributed by atoms with E-state index >= 15 is 0 Å². The number of aromatic nitrogens is 1. The Hall–Kier alpha value is -1.42. The van der Waals surface area contributed by atoms with Gasteiger partial charge in [0.05, 0.1) is 21.1 Å². The lowest BCUT2D eigenvalue weighted by Gasteiger charge is -2.39. The van der Waals surface area contributed by atoms with Gasteiger partial charge < -0.3 is 20.3 Å². The third-order valence-electron chi connectivity index (χ3n) is 5.82. The number of likely N-dealkylation sites (tertiary alicyclic amines) is 1. The number of rotatable bonds is 5. The van der Waals surface area contributed by atoms with E-state index in [2.05, 4.69) is 20.5 Å². The number of hydrogen-bond donors (Lipinski definition) is 2. The van der Waals surface area contributed by atoms with Crippen LogP contribution in [0.5, 0.6) is 0 Å². The molecule has 2 fully saturated rings. The van der Waals surface area contributed by atoms with E-state index in [4.69, 9.17) is 39.5 Å². The molecule has 172 valence electrons. The summed E-state index contributed by atoms with van der Waals surface area (Å²) >= 11 is 19.3. The molecule has 3 heterocycles. The molecule has 1 aromatic heterocycles. The molecule has 2 N–H and O–H groups in total. The molecule has 2 aliphatic heterocycles. The number of halogens is 3. The van der Waals surface area contributed by atoms with Crippen LogP contribution >= 0.6 is 46.1 Å². The Morgan fingerprint density at radius 3 is 2.34 bits per heavy atom. The maximum atomic E-state index is 12.9. The molecule has 1 aromatic carbocycles. The van der Waals surface area contributed by atoms with Crippen molar-refractivity contribution in [1.82, 2.24) is 15.2 Å². The monoisotopic (exact) mass is 516 g/mol. The van der Waals surface area contributed by atoms with Crippen LogP contribution in [0.15, 0.2) is 17.6 Å². The number of amides is 2. The van der Waals surface area contributed by atoms with Gasteiger partial charge in [-0.2, -0.15) is 0 Å². The first-order valence-electron chi connectivity index (χ1n) is 10.4. The third kappa shape index (κ3) is 5.55. The zero-order chi connectivity index (χ0) is 22.7. The predicted molar refractivity (Wildman–Crippen MR) is 127 cm³/mol. The summed E-state index contributed by atoms with van der Waals surface area (Å²) in [6.45, 7) is 3.55. The van der Waals surface area contributed by atoms with E-state index in [9.17, 15) is 9.59 Å². The highest BCUT2D eigenvalue weighted by Gasteiger charge is 2.28. The van der Waals surface area contributed by atoms with Crippen molar-refractivity contribution in [2.45, 2.75) is 37.8 Å². The molecule has 2 aliphatic rings. The molecule has 0 aliphatic carbocycles. The first kappa shape index (κ1) is 23.7. The molecule has 0 radical (unpaired) electrons. The van der Waals surface area contributed by atoms with Crippen LogP contribution in [0.2, 0.25) is 15.1 Å². The molecule has 4 rings (SSSR count). The molecule has 7 nitrogen and oxygen atoms in total. The van der Waals surface area contributed by atoms with Crippen molar-refractivity contribution in [3.63, 3.8) is 0 Å². The first-order chi connectivity index (χ1) is 15.4. The second-order valence-electron chi connectivity index (χ2n) is 7.86. The van der Waals surface area contributed by atoms with Gasteiger partial charge in [-0.25, -0.2) is 4.98 Å². The Labute approximate surface area is 205 Å². The molecule has 32 heavy (non-hydrogen) atoms. The van der Waals surface area contributed by atoms with E-state index in [1.165, 1.54) is 17.6 Å². The van der Waals surface area contributed by atoms with Crippen LogP contribution in [0.1, 0.15) is 46.5 Å². The maximum absolute atomic E-state index is 12.9. The van der Waals surface area contributed by atoms with Crippen molar-refractivity contribution in [3.8, 4) is 0 Å². The van der Waals surface area contributed by atoms with Gasteiger partial charge in [0.25, 0.3) is 11.8 Å². The smallest absolute Gasteiger partial charge is 0.273 e. The molecule has 2 saturated heterocycles. The van der Waals surface area contributed by atoms with E-state index in [0.29, 0.717) is 16.1 Å². The maximum Gasteiger partial charge on any atom is 0.273 e. The van der Waals surface area contributed by atoms with Crippen molar-refractivity contribution in [2.24, 2.45) is 0 Å². The Morgan fingerprint density at radius 2 is 1.69 bits per heavy atom. The fourth-order valence-corrected chi connectivity index (χ4v) is 5.80. The highest BCUT2D eigenvalue weighted by Crippen LogP contribution is 2.31. The molecule has 0 spiro atoms. The number of carbonyl (C=O) groups excluding carboxylic acids is 2. The second-order valence-corrected chi connectivity index (χ2v) is 9.96. The predicted octanol–water partition coefficient (Wildman–Crippen LogP) is 4.73. The molecule has 0 bridgehead atoms. The van der Waals surface area contributed by atoms with Crippen LogP contribution in [0, 0.1) is 0 Å². The van der Waals surface area contributed by atoms with E-state index in [1.54, 1.807) is 0 Å². The molecule has 0 unspecified atom stereocenters. The fourth-order valence-electron chi connectivity index (χ4n) is 4.13. The SMILES string of the molecule is O=C(NC1CCN(C2CCOCC2)CC1)c1ncsc1NC(=O)c1c(Cl)cc(Cl)cc1Cl. The molecule has 0 atom stereocenters. The number of benzene rings is 1. The van der Waals surface area contributed by atoms with Gasteiger partial charge in [-0.05, 0) is 37.8 Å². The Bertz CT molecular complexity index is 965. The van der Waals surface area contributed by atoms with Gasteiger partial charge in [-0.15, -0.1) is 11.3 Å². The molecule has 2 amide bonds. The number of thiazole rings is 1. The lowest BCUT2D eigenvalue weighted by molar-refractivity contribution is 0.0238. The van der Waals surface area contributed by atoms with Crippen LogP contribution in [0.4, 0.5) is 5.00 Å². The number of carbonyl (C=O) groups is 2. The minimum atomic E-state index is -0.528. The van der Waals surface area contributed by atoms with Crippen LogP contribution in [-0.2, 0) is 4.74 Å². The summed E-state index contributed by atoms with van der Waals surface area (Å²) in [7, 11) is 0. The average Bonchev–Trinajstić information content (AvgIpc) is 3.22. The van der Waals surface area contributed by atoms with E-state index < -0.39 is 5.91 Å². The van der Waals surface area contributed by atoms with E-state index in [0.717, 1.165) is 63.3 Å². The number of nitrogens with zero attached hydrogens (tertiary/aromatic N) is 2. The molecular formula is C21H23Cl3N4O3S. The third-order valence-corrected chi connectivity index (χ3v) is 7.37. The normalized spacial score (nSPS) is 18.5. The molecule has 11 heteroatoms. The van der Waals surface area contributed by atoms with E-state index in [-0.39, 0.29) is 33.3 Å². The van der Waals surface area contributed by atoms with Gasteiger partial charge in [0.15, 0.2) is 5.69 Å². The summed E-state index contributed by atoms with van der Waals surface area (Å²) < 4.78 is 5.45. The highest BCUT2D eigenvalue weighted by atomic mass is 35.5. The summed E-state index contributed by atoms with van der Waals surface area (Å²) in [4.78, 5) is 32.2. The molecule has 2 aromatic rings. The zero-order valence-electron chi connectivity index (χ0n) is 17.2.